The van der Waals surface area contributed by atoms with Gasteiger partial charge in [0.25, 0.3) is 5.91 Å². The monoisotopic (exact) mass is 437 g/mol. The number of carbonyl (C=O) groups excluding carboxylic acids is 2. The Morgan fingerprint density at radius 2 is 1.77 bits per heavy atom. The first-order valence-corrected chi connectivity index (χ1v) is 12.2. The second-order valence-corrected chi connectivity index (χ2v) is 11.0. The van der Waals surface area contributed by atoms with Crippen LogP contribution in [0.25, 0.3) is 0 Å². The third-order valence-electron chi connectivity index (χ3n) is 5.78. The van der Waals surface area contributed by atoms with Crippen molar-refractivity contribution >= 4 is 21.8 Å². The standard InChI is InChI=1S/C22H35N3O4S/c1-6-17(5)23-22(27)20(24-21(26)19-9-7-8-16(4)14-19)18-10-12-25(13-11-18)30(28,29)15(2)3/h7-9,14-15,17-18,20H,6,10-13H2,1-5H3,(H,23,27)(H,24,26)/t17-,20-/m1/s1. The molecule has 1 saturated heterocycles. The van der Waals surface area contributed by atoms with Gasteiger partial charge in [-0.1, -0.05) is 24.6 Å². The zero-order chi connectivity index (χ0) is 22.5. The number of hydrogen-bond donors (Lipinski definition) is 2. The van der Waals surface area contributed by atoms with Gasteiger partial charge in [0, 0.05) is 24.7 Å². The lowest BCUT2D eigenvalue weighted by Crippen LogP contribution is -2.55. The highest BCUT2D eigenvalue weighted by molar-refractivity contribution is 7.89. The number of aryl methyl sites for hydroxylation is 1. The number of benzene rings is 1. The largest absolute Gasteiger partial charge is 0.352 e. The van der Waals surface area contributed by atoms with Gasteiger partial charge in [0.1, 0.15) is 6.04 Å². The summed E-state index contributed by atoms with van der Waals surface area (Å²) in [4.78, 5) is 25.8. The van der Waals surface area contributed by atoms with Crippen molar-refractivity contribution in [1.29, 1.82) is 0 Å². The summed E-state index contributed by atoms with van der Waals surface area (Å²) in [7, 11) is -3.32. The van der Waals surface area contributed by atoms with Crippen LogP contribution >= 0.6 is 0 Å². The second-order valence-electron chi connectivity index (χ2n) is 8.47. The maximum absolute atomic E-state index is 13.0. The first-order chi connectivity index (χ1) is 14.1. The molecule has 0 aliphatic carbocycles. The molecule has 0 aromatic heterocycles. The van der Waals surface area contributed by atoms with Crippen molar-refractivity contribution in [2.45, 2.75) is 71.2 Å². The molecular formula is C22H35N3O4S. The quantitative estimate of drug-likeness (QED) is 0.653. The average molecular weight is 438 g/mol. The van der Waals surface area contributed by atoms with Gasteiger partial charge in [-0.3, -0.25) is 9.59 Å². The van der Waals surface area contributed by atoms with Gasteiger partial charge < -0.3 is 10.6 Å². The summed E-state index contributed by atoms with van der Waals surface area (Å²) >= 11 is 0. The van der Waals surface area contributed by atoms with Gasteiger partial charge in [-0.05, 0) is 65.0 Å². The summed E-state index contributed by atoms with van der Waals surface area (Å²) in [6, 6.07) is 6.54. The van der Waals surface area contributed by atoms with Crippen LogP contribution in [-0.4, -0.2) is 55.0 Å². The lowest BCUT2D eigenvalue weighted by molar-refractivity contribution is -0.125. The molecule has 8 heteroatoms. The van der Waals surface area contributed by atoms with Crippen molar-refractivity contribution in [1.82, 2.24) is 14.9 Å². The molecule has 0 bridgehead atoms. The fourth-order valence-corrected chi connectivity index (χ4v) is 4.92. The lowest BCUT2D eigenvalue weighted by Gasteiger charge is -2.36. The summed E-state index contributed by atoms with van der Waals surface area (Å²) in [5, 5.41) is 5.41. The summed E-state index contributed by atoms with van der Waals surface area (Å²) in [5.41, 5.74) is 1.48. The molecule has 1 heterocycles. The van der Waals surface area contributed by atoms with Gasteiger partial charge in [-0.25, -0.2) is 12.7 Å². The Hall–Kier alpha value is -1.93. The molecule has 1 aliphatic rings. The minimum absolute atomic E-state index is 0.00252. The van der Waals surface area contributed by atoms with Crippen LogP contribution in [0.5, 0.6) is 0 Å². The van der Waals surface area contributed by atoms with E-state index < -0.39 is 21.3 Å². The van der Waals surface area contributed by atoms with Gasteiger partial charge in [0.2, 0.25) is 15.9 Å². The van der Waals surface area contributed by atoms with Crippen molar-refractivity contribution < 1.29 is 18.0 Å². The van der Waals surface area contributed by atoms with E-state index in [1.165, 1.54) is 4.31 Å². The number of rotatable bonds is 8. The van der Waals surface area contributed by atoms with Crippen molar-refractivity contribution in [3.05, 3.63) is 35.4 Å². The molecule has 2 atom stereocenters. The fraction of sp³-hybridized carbons (Fsp3) is 0.636. The lowest BCUT2D eigenvalue weighted by atomic mass is 9.89. The van der Waals surface area contributed by atoms with E-state index >= 15 is 0 Å². The first kappa shape index (κ1) is 24.3. The Morgan fingerprint density at radius 1 is 1.13 bits per heavy atom. The fourth-order valence-electron chi connectivity index (χ4n) is 3.60. The Labute approximate surface area is 180 Å². The Balaban J connectivity index is 2.16. The highest BCUT2D eigenvalue weighted by Crippen LogP contribution is 2.25. The predicted octanol–water partition coefficient (Wildman–Crippen LogP) is 2.46. The SMILES string of the molecule is CC[C@@H](C)NC(=O)[C@H](NC(=O)c1cccc(C)c1)C1CCN(S(=O)(=O)C(C)C)CC1. The van der Waals surface area contributed by atoms with Gasteiger partial charge in [0.15, 0.2) is 0 Å². The van der Waals surface area contributed by atoms with E-state index in [1.807, 2.05) is 32.9 Å². The van der Waals surface area contributed by atoms with Crippen LogP contribution in [0.3, 0.4) is 0 Å². The van der Waals surface area contributed by atoms with Gasteiger partial charge in [0.05, 0.1) is 5.25 Å². The number of sulfonamides is 1. The van der Waals surface area contributed by atoms with Gasteiger partial charge in [-0.2, -0.15) is 0 Å². The number of piperidine rings is 1. The predicted molar refractivity (Wildman–Crippen MR) is 119 cm³/mol. The van der Waals surface area contributed by atoms with Crippen LogP contribution in [-0.2, 0) is 14.8 Å². The van der Waals surface area contributed by atoms with Crippen LogP contribution in [0.1, 0.15) is 62.9 Å². The Bertz CT molecular complexity index is 846. The second kappa shape index (κ2) is 10.4. The number of nitrogens with zero attached hydrogens (tertiary/aromatic N) is 1. The van der Waals surface area contributed by atoms with Crippen LogP contribution in [0.4, 0.5) is 0 Å². The highest BCUT2D eigenvalue weighted by atomic mass is 32.2. The van der Waals surface area contributed by atoms with Crippen molar-refractivity contribution in [3.8, 4) is 0 Å². The normalized spacial score (nSPS) is 18.1. The van der Waals surface area contributed by atoms with E-state index in [0.717, 1.165) is 12.0 Å². The molecule has 30 heavy (non-hydrogen) atoms. The molecule has 0 radical (unpaired) electrons. The average Bonchev–Trinajstić information content (AvgIpc) is 2.71. The highest BCUT2D eigenvalue weighted by Gasteiger charge is 2.36. The van der Waals surface area contributed by atoms with Crippen molar-refractivity contribution in [2.75, 3.05) is 13.1 Å². The summed E-state index contributed by atoms with van der Waals surface area (Å²) < 4.78 is 26.4. The van der Waals surface area contributed by atoms with Crippen LogP contribution in [0, 0.1) is 12.8 Å². The van der Waals surface area contributed by atoms with Crippen molar-refractivity contribution in [3.63, 3.8) is 0 Å². The number of nitrogens with one attached hydrogen (secondary N) is 2. The molecule has 0 spiro atoms. The molecule has 2 amide bonds. The molecule has 1 aromatic rings. The summed E-state index contributed by atoms with van der Waals surface area (Å²) in [5.74, 6) is -0.628. The van der Waals surface area contributed by atoms with Gasteiger partial charge in [-0.15, -0.1) is 0 Å². The molecule has 2 N–H and O–H groups in total. The molecule has 168 valence electrons. The third kappa shape index (κ3) is 6.04. The molecular weight excluding hydrogens is 402 g/mol. The number of hydrogen-bond acceptors (Lipinski definition) is 4. The number of amides is 2. The van der Waals surface area contributed by atoms with E-state index in [0.29, 0.717) is 31.5 Å². The molecule has 0 unspecified atom stereocenters. The molecule has 1 aromatic carbocycles. The summed E-state index contributed by atoms with van der Waals surface area (Å²) in [6.07, 6.45) is 1.84. The van der Waals surface area contributed by atoms with E-state index in [-0.39, 0.29) is 23.8 Å². The summed E-state index contributed by atoms with van der Waals surface area (Å²) in [6.45, 7) is 9.89. The molecule has 7 nitrogen and oxygen atoms in total. The molecule has 1 aliphatic heterocycles. The first-order valence-electron chi connectivity index (χ1n) is 10.7. The Morgan fingerprint density at radius 3 is 2.30 bits per heavy atom. The van der Waals surface area contributed by atoms with Gasteiger partial charge >= 0.3 is 0 Å². The Kier molecular flexibility index (Phi) is 8.43. The third-order valence-corrected chi connectivity index (χ3v) is 8.05. The zero-order valence-electron chi connectivity index (χ0n) is 18.6. The van der Waals surface area contributed by atoms with E-state index in [2.05, 4.69) is 10.6 Å². The van der Waals surface area contributed by atoms with Crippen LogP contribution in [0.15, 0.2) is 24.3 Å². The topological polar surface area (TPSA) is 95.6 Å². The van der Waals surface area contributed by atoms with Crippen LogP contribution in [0.2, 0.25) is 0 Å². The minimum atomic E-state index is -3.32. The molecule has 0 saturated carbocycles. The maximum atomic E-state index is 13.0. The molecule has 1 fully saturated rings. The maximum Gasteiger partial charge on any atom is 0.251 e. The van der Waals surface area contributed by atoms with Crippen molar-refractivity contribution in [2.24, 2.45) is 5.92 Å². The zero-order valence-corrected chi connectivity index (χ0v) is 19.5. The smallest absolute Gasteiger partial charge is 0.251 e. The number of carbonyl (C=O) groups is 2. The minimum Gasteiger partial charge on any atom is -0.352 e. The van der Waals surface area contributed by atoms with E-state index in [1.54, 1.807) is 26.0 Å². The van der Waals surface area contributed by atoms with E-state index in [4.69, 9.17) is 0 Å². The van der Waals surface area contributed by atoms with Crippen LogP contribution < -0.4 is 10.6 Å². The van der Waals surface area contributed by atoms with E-state index in [9.17, 15) is 18.0 Å². The molecule has 2 rings (SSSR count).